The van der Waals surface area contributed by atoms with Crippen molar-refractivity contribution in [2.75, 3.05) is 0 Å². The quantitative estimate of drug-likeness (QED) is 0.727. The van der Waals surface area contributed by atoms with Crippen LogP contribution in [-0.4, -0.2) is 25.7 Å². The molecule has 0 radical (unpaired) electrons. The highest BCUT2D eigenvalue weighted by Gasteiger charge is 2.45. The summed E-state index contributed by atoms with van der Waals surface area (Å²) < 4.78 is 16.6. The van der Waals surface area contributed by atoms with Gasteiger partial charge in [0, 0.05) is 16.5 Å². The number of nitrogens with zero attached hydrogens (tertiary/aromatic N) is 3. The molecule has 128 valence electrons. The van der Waals surface area contributed by atoms with Gasteiger partial charge in [-0.2, -0.15) is 0 Å². The van der Waals surface area contributed by atoms with Gasteiger partial charge in [0.2, 0.25) is 0 Å². The zero-order valence-corrected chi connectivity index (χ0v) is 14.7. The van der Waals surface area contributed by atoms with Gasteiger partial charge in [-0.25, -0.2) is 9.37 Å². The van der Waals surface area contributed by atoms with Crippen LogP contribution >= 0.6 is 0 Å². The van der Waals surface area contributed by atoms with E-state index >= 15 is 0 Å². The number of aromatic hydroxyl groups is 1. The van der Waals surface area contributed by atoms with Gasteiger partial charge >= 0.3 is 0 Å². The summed E-state index contributed by atoms with van der Waals surface area (Å²) in [7, 11) is 0. The first-order chi connectivity index (χ1) is 11.7. The van der Waals surface area contributed by atoms with Crippen molar-refractivity contribution < 1.29 is 9.50 Å². The Morgan fingerprint density at radius 2 is 1.84 bits per heavy atom. The van der Waals surface area contributed by atoms with E-state index < -0.39 is 11.0 Å². The van der Waals surface area contributed by atoms with E-state index in [1.807, 2.05) is 33.8 Å². The summed E-state index contributed by atoms with van der Waals surface area (Å²) in [6, 6.07) is 8.44. The molecule has 3 heterocycles. The van der Waals surface area contributed by atoms with Crippen molar-refractivity contribution in [1.82, 2.24) is 9.38 Å². The molecule has 0 amide bonds. The topological polar surface area (TPSA) is 49.9 Å². The fourth-order valence-electron chi connectivity index (χ4n) is 3.48. The summed E-state index contributed by atoms with van der Waals surface area (Å²) in [6.45, 7) is 8.08. The number of aromatic nitrogens is 2. The highest BCUT2D eigenvalue weighted by Crippen LogP contribution is 2.45. The molecular formula is C20H20FN3O. The Bertz CT molecular complexity index is 1030. The van der Waals surface area contributed by atoms with E-state index in [2.05, 4.69) is 4.98 Å². The summed E-state index contributed by atoms with van der Waals surface area (Å²) >= 11 is 0. The summed E-state index contributed by atoms with van der Waals surface area (Å²) in [4.78, 5) is 9.37. The molecule has 0 fully saturated rings. The van der Waals surface area contributed by atoms with E-state index in [0.29, 0.717) is 16.9 Å². The third-order valence-corrected chi connectivity index (χ3v) is 5.55. The summed E-state index contributed by atoms with van der Waals surface area (Å²) in [6.07, 6.45) is 3.32. The molecule has 1 aliphatic rings. The number of aliphatic imine (C=N–C) groups is 1. The third kappa shape index (κ3) is 2.11. The molecule has 4 nitrogen and oxygen atoms in total. The van der Waals surface area contributed by atoms with Crippen LogP contribution in [0.5, 0.6) is 5.75 Å². The van der Waals surface area contributed by atoms with E-state index in [1.165, 1.54) is 6.07 Å². The Morgan fingerprint density at radius 3 is 2.60 bits per heavy atom. The molecule has 0 saturated heterocycles. The van der Waals surface area contributed by atoms with Gasteiger partial charge in [-0.3, -0.25) is 9.39 Å². The zero-order chi connectivity index (χ0) is 18.0. The standard InChI is InChI=1S/C20H20FN3O/c1-19(2)17-13(6-5-7-14(17)21)18(23-20(19,3)4)15-10-22-16-9-8-12(25)11-24(15)16/h5-11,25H,1-4H3. The van der Waals surface area contributed by atoms with E-state index in [4.69, 9.17) is 4.99 Å². The predicted molar refractivity (Wildman–Crippen MR) is 96.0 cm³/mol. The SMILES string of the molecule is CC1(C)N=C(c2cnc3ccc(O)cn23)c2cccc(F)c2C1(C)C. The minimum atomic E-state index is -0.501. The lowest BCUT2D eigenvalue weighted by molar-refractivity contribution is 0.293. The largest absolute Gasteiger partial charge is 0.506 e. The monoisotopic (exact) mass is 337 g/mol. The normalized spacial score (nSPS) is 18.0. The van der Waals surface area contributed by atoms with E-state index in [-0.39, 0.29) is 11.6 Å². The number of fused-ring (bicyclic) bond motifs is 2. The Morgan fingerprint density at radius 1 is 1.08 bits per heavy atom. The van der Waals surface area contributed by atoms with Gasteiger partial charge in [-0.05, 0) is 32.0 Å². The number of halogens is 1. The van der Waals surface area contributed by atoms with Gasteiger partial charge in [0.1, 0.15) is 17.2 Å². The minimum Gasteiger partial charge on any atom is -0.506 e. The molecule has 1 aromatic carbocycles. The van der Waals surface area contributed by atoms with Crippen LogP contribution in [0.3, 0.4) is 0 Å². The van der Waals surface area contributed by atoms with Crippen LogP contribution in [0.15, 0.2) is 47.7 Å². The second-order valence-electron chi connectivity index (χ2n) is 7.57. The van der Waals surface area contributed by atoms with Crippen molar-refractivity contribution in [2.45, 2.75) is 38.6 Å². The van der Waals surface area contributed by atoms with Crippen LogP contribution in [0, 0.1) is 5.82 Å². The first-order valence-electron chi connectivity index (χ1n) is 8.28. The molecule has 0 spiro atoms. The third-order valence-electron chi connectivity index (χ3n) is 5.55. The summed E-state index contributed by atoms with van der Waals surface area (Å²) in [5.41, 5.74) is 2.61. The molecule has 3 aromatic rings. The molecule has 0 saturated carbocycles. The second-order valence-corrected chi connectivity index (χ2v) is 7.57. The van der Waals surface area contributed by atoms with Crippen molar-refractivity contribution in [3.8, 4) is 5.75 Å². The van der Waals surface area contributed by atoms with Crippen molar-refractivity contribution in [3.05, 3.63) is 65.4 Å². The van der Waals surface area contributed by atoms with E-state index in [0.717, 1.165) is 11.3 Å². The lowest BCUT2D eigenvalue weighted by Crippen LogP contribution is -2.47. The highest BCUT2D eigenvalue weighted by atomic mass is 19.1. The molecule has 0 aliphatic carbocycles. The first kappa shape index (κ1) is 15.8. The Kier molecular flexibility index (Phi) is 3.11. The zero-order valence-electron chi connectivity index (χ0n) is 14.7. The van der Waals surface area contributed by atoms with Crippen LogP contribution < -0.4 is 0 Å². The smallest absolute Gasteiger partial charge is 0.137 e. The van der Waals surface area contributed by atoms with Gasteiger partial charge in [0.25, 0.3) is 0 Å². The molecular weight excluding hydrogens is 317 g/mol. The van der Waals surface area contributed by atoms with Gasteiger partial charge in [0.15, 0.2) is 0 Å². The highest BCUT2D eigenvalue weighted by molar-refractivity contribution is 6.14. The molecule has 0 unspecified atom stereocenters. The number of imidazole rings is 1. The molecule has 2 aromatic heterocycles. The number of rotatable bonds is 1. The Labute approximate surface area is 145 Å². The summed E-state index contributed by atoms with van der Waals surface area (Å²) in [5, 5.41) is 9.85. The van der Waals surface area contributed by atoms with Crippen LogP contribution in [-0.2, 0) is 5.41 Å². The van der Waals surface area contributed by atoms with E-state index in [1.54, 1.807) is 35.0 Å². The van der Waals surface area contributed by atoms with Crippen molar-refractivity contribution in [1.29, 1.82) is 0 Å². The lowest BCUT2D eigenvalue weighted by atomic mass is 9.66. The Hall–Kier alpha value is -2.69. The number of pyridine rings is 1. The molecule has 0 bridgehead atoms. The van der Waals surface area contributed by atoms with Crippen molar-refractivity contribution in [3.63, 3.8) is 0 Å². The van der Waals surface area contributed by atoms with Gasteiger partial charge in [-0.1, -0.05) is 26.0 Å². The van der Waals surface area contributed by atoms with Crippen LogP contribution in [0.2, 0.25) is 0 Å². The molecule has 1 N–H and O–H groups in total. The van der Waals surface area contributed by atoms with Crippen LogP contribution in [0.4, 0.5) is 4.39 Å². The van der Waals surface area contributed by atoms with Crippen LogP contribution in [0.25, 0.3) is 5.65 Å². The number of hydrogen-bond donors (Lipinski definition) is 1. The first-order valence-corrected chi connectivity index (χ1v) is 8.28. The average Bonchev–Trinajstić information content (AvgIpc) is 2.94. The van der Waals surface area contributed by atoms with Gasteiger partial charge in [0.05, 0.1) is 29.3 Å². The fourth-order valence-corrected chi connectivity index (χ4v) is 3.48. The molecule has 25 heavy (non-hydrogen) atoms. The molecule has 0 atom stereocenters. The molecule has 4 rings (SSSR count). The number of benzene rings is 1. The average molecular weight is 337 g/mol. The maximum absolute atomic E-state index is 14.8. The molecule has 5 heteroatoms. The fraction of sp³-hybridized carbons (Fsp3) is 0.300. The van der Waals surface area contributed by atoms with Crippen molar-refractivity contribution in [2.24, 2.45) is 4.99 Å². The minimum absolute atomic E-state index is 0.141. The predicted octanol–water partition coefficient (Wildman–Crippen LogP) is 4.09. The van der Waals surface area contributed by atoms with E-state index in [9.17, 15) is 9.50 Å². The van der Waals surface area contributed by atoms with Gasteiger partial charge < -0.3 is 5.11 Å². The van der Waals surface area contributed by atoms with Gasteiger partial charge in [-0.15, -0.1) is 0 Å². The molecule has 1 aliphatic heterocycles. The number of hydrogen-bond acceptors (Lipinski definition) is 3. The summed E-state index contributed by atoms with van der Waals surface area (Å²) in [5.74, 6) is -0.0816. The maximum atomic E-state index is 14.8. The maximum Gasteiger partial charge on any atom is 0.137 e. The van der Waals surface area contributed by atoms with Crippen molar-refractivity contribution >= 4 is 11.4 Å². The van der Waals surface area contributed by atoms with Crippen LogP contribution in [0.1, 0.15) is 44.5 Å². The lowest BCUT2D eigenvalue weighted by Gasteiger charge is -2.44. The second kappa shape index (κ2) is 4.91. The Balaban J connectivity index is 2.06.